The Morgan fingerprint density at radius 3 is 2.95 bits per heavy atom. The fourth-order valence-corrected chi connectivity index (χ4v) is 3.05. The first-order valence-corrected chi connectivity index (χ1v) is 7.53. The number of benzene rings is 1. The van der Waals surface area contributed by atoms with Crippen LogP contribution in [0.15, 0.2) is 30.3 Å². The van der Waals surface area contributed by atoms with E-state index in [2.05, 4.69) is 40.5 Å². The van der Waals surface area contributed by atoms with Crippen LogP contribution in [-0.2, 0) is 11.3 Å². The Bertz CT molecular complexity index is 418. The number of ether oxygens (including phenoxy) is 1. The Morgan fingerprint density at radius 2 is 2.20 bits per heavy atom. The van der Waals surface area contributed by atoms with Crippen molar-refractivity contribution in [3.8, 4) is 0 Å². The predicted octanol–water partition coefficient (Wildman–Crippen LogP) is 1.00. The van der Waals surface area contributed by atoms with Crippen molar-refractivity contribution < 1.29 is 9.84 Å². The smallest absolute Gasteiger partial charge is 0.102 e. The van der Waals surface area contributed by atoms with Crippen LogP contribution in [0.4, 0.5) is 0 Å². The monoisotopic (exact) mass is 276 g/mol. The minimum Gasteiger partial charge on any atom is -0.386 e. The molecule has 2 aliphatic heterocycles. The summed E-state index contributed by atoms with van der Waals surface area (Å²) in [5, 5.41) is 13.8. The number of hydrogen-bond donors (Lipinski definition) is 2. The standard InChI is InChI=1S/C16H24N2O2/c19-16(7-9-20-13-16)12-17-15-6-8-18(11-15)10-14-4-2-1-3-5-14/h1-5,15,17,19H,6-13H2. The zero-order valence-electron chi connectivity index (χ0n) is 11.9. The molecule has 0 radical (unpaired) electrons. The molecule has 2 fully saturated rings. The molecule has 0 spiro atoms. The van der Waals surface area contributed by atoms with Gasteiger partial charge in [-0.25, -0.2) is 0 Å². The van der Waals surface area contributed by atoms with Gasteiger partial charge in [0, 0.05) is 45.2 Å². The Hall–Kier alpha value is -0.940. The number of rotatable bonds is 5. The molecule has 1 aromatic carbocycles. The Labute approximate surface area is 120 Å². The first-order valence-electron chi connectivity index (χ1n) is 7.53. The molecule has 0 amide bonds. The fourth-order valence-electron chi connectivity index (χ4n) is 3.05. The van der Waals surface area contributed by atoms with Gasteiger partial charge < -0.3 is 15.2 Å². The summed E-state index contributed by atoms with van der Waals surface area (Å²) >= 11 is 0. The summed E-state index contributed by atoms with van der Waals surface area (Å²) in [5.74, 6) is 0. The third-order valence-electron chi connectivity index (χ3n) is 4.32. The van der Waals surface area contributed by atoms with Crippen molar-refractivity contribution in [2.45, 2.75) is 31.0 Å². The summed E-state index contributed by atoms with van der Waals surface area (Å²) in [7, 11) is 0. The predicted molar refractivity (Wildman–Crippen MR) is 78.5 cm³/mol. The Balaban J connectivity index is 1.43. The number of likely N-dealkylation sites (tertiary alicyclic amines) is 1. The van der Waals surface area contributed by atoms with Crippen LogP contribution in [-0.4, -0.2) is 54.5 Å². The van der Waals surface area contributed by atoms with Crippen LogP contribution in [0, 0.1) is 0 Å². The first kappa shape index (κ1) is 14.0. The van der Waals surface area contributed by atoms with E-state index in [4.69, 9.17) is 4.74 Å². The minimum atomic E-state index is -0.646. The molecular weight excluding hydrogens is 252 g/mol. The van der Waals surface area contributed by atoms with Gasteiger partial charge in [-0.1, -0.05) is 30.3 Å². The highest BCUT2D eigenvalue weighted by molar-refractivity contribution is 5.14. The van der Waals surface area contributed by atoms with Crippen LogP contribution in [0.25, 0.3) is 0 Å². The van der Waals surface area contributed by atoms with Gasteiger partial charge in [0.25, 0.3) is 0 Å². The van der Waals surface area contributed by atoms with Gasteiger partial charge in [-0.3, -0.25) is 4.90 Å². The van der Waals surface area contributed by atoms with Gasteiger partial charge in [-0.15, -0.1) is 0 Å². The van der Waals surface area contributed by atoms with Crippen molar-refractivity contribution in [1.82, 2.24) is 10.2 Å². The second-order valence-electron chi connectivity index (χ2n) is 6.11. The fraction of sp³-hybridized carbons (Fsp3) is 0.625. The van der Waals surface area contributed by atoms with E-state index < -0.39 is 5.60 Å². The highest BCUT2D eigenvalue weighted by Crippen LogP contribution is 2.19. The number of hydrogen-bond acceptors (Lipinski definition) is 4. The molecule has 0 aliphatic carbocycles. The summed E-state index contributed by atoms with van der Waals surface area (Å²) in [6, 6.07) is 11.1. The van der Waals surface area contributed by atoms with E-state index in [-0.39, 0.29) is 0 Å². The molecule has 20 heavy (non-hydrogen) atoms. The van der Waals surface area contributed by atoms with Crippen molar-refractivity contribution >= 4 is 0 Å². The summed E-state index contributed by atoms with van der Waals surface area (Å²) in [6.07, 6.45) is 1.91. The molecule has 1 aromatic rings. The van der Waals surface area contributed by atoms with Crippen LogP contribution in [0.1, 0.15) is 18.4 Å². The van der Waals surface area contributed by atoms with E-state index in [9.17, 15) is 5.11 Å². The third kappa shape index (κ3) is 3.58. The Morgan fingerprint density at radius 1 is 1.35 bits per heavy atom. The molecule has 2 aliphatic rings. The topological polar surface area (TPSA) is 44.7 Å². The summed E-state index contributed by atoms with van der Waals surface area (Å²) in [5.41, 5.74) is 0.725. The average molecular weight is 276 g/mol. The van der Waals surface area contributed by atoms with Crippen molar-refractivity contribution in [3.05, 3.63) is 35.9 Å². The normalized spacial score (nSPS) is 30.9. The lowest BCUT2D eigenvalue weighted by atomic mass is 10.0. The molecule has 2 saturated heterocycles. The number of aliphatic hydroxyl groups is 1. The van der Waals surface area contributed by atoms with Crippen LogP contribution in [0.3, 0.4) is 0 Å². The van der Waals surface area contributed by atoms with Crippen LogP contribution in [0.5, 0.6) is 0 Å². The SMILES string of the molecule is OC1(CNC2CCN(Cc3ccccc3)C2)CCOC1. The molecule has 110 valence electrons. The van der Waals surface area contributed by atoms with E-state index >= 15 is 0 Å². The van der Waals surface area contributed by atoms with Crippen LogP contribution < -0.4 is 5.32 Å². The van der Waals surface area contributed by atoms with Crippen LogP contribution >= 0.6 is 0 Å². The molecular formula is C16H24N2O2. The average Bonchev–Trinajstić information content (AvgIpc) is 3.08. The van der Waals surface area contributed by atoms with Gasteiger partial charge in [0.1, 0.15) is 5.60 Å². The van der Waals surface area contributed by atoms with Crippen molar-refractivity contribution in [3.63, 3.8) is 0 Å². The van der Waals surface area contributed by atoms with E-state index in [1.165, 1.54) is 5.56 Å². The first-order chi connectivity index (χ1) is 9.73. The molecule has 4 nitrogen and oxygen atoms in total. The molecule has 3 rings (SSSR count). The maximum Gasteiger partial charge on any atom is 0.102 e. The van der Waals surface area contributed by atoms with Crippen molar-refractivity contribution in [2.24, 2.45) is 0 Å². The lowest BCUT2D eigenvalue weighted by Gasteiger charge is -2.24. The summed E-state index contributed by atoms with van der Waals surface area (Å²) in [6.45, 7) is 5.01. The van der Waals surface area contributed by atoms with E-state index in [0.29, 0.717) is 25.8 Å². The minimum absolute atomic E-state index is 0.473. The lowest BCUT2D eigenvalue weighted by Crippen LogP contribution is -2.45. The van der Waals surface area contributed by atoms with Crippen molar-refractivity contribution in [2.75, 3.05) is 32.8 Å². The Kier molecular flexibility index (Phi) is 4.36. The highest BCUT2D eigenvalue weighted by atomic mass is 16.5. The zero-order valence-corrected chi connectivity index (χ0v) is 11.9. The molecule has 2 heterocycles. The molecule has 2 unspecified atom stereocenters. The van der Waals surface area contributed by atoms with Gasteiger partial charge >= 0.3 is 0 Å². The van der Waals surface area contributed by atoms with E-state index in [1.807, 2.05) is 0 Å². The summed E-state index contributed by atoms with van der Waals surface area (Å²) in [4.78, 5) is 2.47. The molecule has 0 bridgehead atoms. The molecule has 0 saturated carbocycles. The zero-order chi connectivity index (χ0) is 13.8. The van der Waals surface area contributed by atoms with E-state index in [0.717, 1.165) is 32.5 Å². The van der Waals surface area contributed by atoms with Gasteiger partial charge in [0.05, 0.1) is 6.61 Å². The number of nitrogens with one attached hydrogen (secondary N) is 1. The molecule has 4 heteroatoms. The van der Waals surface area contributed by atoms with Gasteiger partial charge in [-0.05, 0) is 12.0 Å². The summed E-state index contributed by atoms with van der Waals surface area (Å²) < 4.78 is 5.28. The van der Waals surface area contributed by atoms with Gasteiger partial charge in [0.15, 0.2) is 0 Å². The van der Waals surface area contributed by atoms with Gasteiger partial charge in [-0.2, -0.15) is 0 Å². The third-order valence-corrected chi connectivity index (χ3v) is 4.32. The quantitative estimate of drug-likeness (QED) is 0.842. The van der Waals surface area contributed by atoms with E-state index in [1.54, 1.807) is 0 Å². The highest BCUT2D eigenvalue weighted by Gasteiger charge is 2.33. The lowest BCUT2D eigenvalue weighted by molar-refractivity contribution is 0.0250. The van der Waals surface area contributed by atoms with Crippen molar-refractivity contribution in [1.29, 1.82) is 0 Å². The largest absolute Gasteiger partial charge is 0.386 e. The molecule has 2 atom stereocenters. The van der Waals surface area contributed by atoms with Crippen LogP contribution in [0.2, 0.25) is 0 Å². The second kappa shape index (κ2) is 6.22. The van der Waals surface area contributed by atoms with Gasteiger partial charge in [0.2, 0.25) is 0 Å². The maximum absolute atomic E-state index is 10.3. The second-order valence-corrected chi connectivity index (χ2v) is 6.11. The number of nitrogens with zero attached hydrogens (tertiary/aromatic N) is 1. The maximum atomic E-state index is 10.3. The molecule has 0 aromatic heterocycles. The molecule has 2 N–H and O–H groups in total.